The third-order valence-electron chi connectivity index (χ3n) is 13.4. The van der Waals surface area contributed by atoms with Crippen LogP contribution in [0.5, 0.6) is 0 Å². The third-order valence-corrected chi connectivity index (χ3v) is 13.4. The van der Waals surface area contributed by atoms with Gasteiger partial charge in [-0.1, -0.05) is 166 Å². The highest BCUT2D eigenvalue weighted by Gasteiger charge is 2.46. The highest BCUT2D eigenvalue weighted by Crippen LogP contribution is 2.57. The second-order valence-electron chi connectivity index (χ2n) is 16.7. The fourth-order valence-electron chi connectivity index (χ4n) is 10.7. The van der Waals surface area contributed by atoms with E-state index in [1.807, 2.05) is 0 Å². The Morgan fingerprint density at radius 2 is 0.930 bits per heavy atom. The van der Waals surface area contributed by atoms with Gasteiger partial charge in [-0.15, -0.1) is 0 Å². The summed E-state index contributed by atoms with van der Waals surface area (Å²) in [5, 5.41) is 0. The van der Waals surface area contributed by atoms with Crippen LogP contribution in [0, 0.1) is 0 Å². The summed E-state index contributed by atoms with van der Waals surface area (Å²) in [5.74, 6) is 0. The summed E-state index contributed by atoms with van der Waals surface area (Å²) < 4.78 is 0. The van der Waals surface area contributed by atoms with Crippen LogP contribution in [0.1, 0.15) is 71.2 Å². The quantitative estimate of drug-likeness (QED) is 0.165. The lowest BCUT2D eigenvalue weighted by Crippen LogP contribution is -2.28. The largest absolute Gasteiger partial charge is 0.310 e. The maximum Gasteiger partial charge on any atom is 0.0713 e. The topological polar surface area (TPSA) is 3.24 Å². The van der Waals surface area contributed by atoms with Crippen LogP contribution in [0.4, 0.5) is 17.1 Å². The molecular formula is C56H45N. The van der Waals surface area contributed by atoms with E-state index in [0.29, 0.717) is 0 Å². The lowest BCUT2D eigenvalue weighted by atomic mass is 9.68. The van der Waals surface area contributed by atoms with E-state index in [1.54, 1.807) is 0 Å². The van der Waals surface area contributed by atoms with Gasteiger partial charge in [0.05, 0.1) is 5.41 Å². The average Bonchev–Trinajstić information content (AvgIpc) is 3.70. The Labute approximate surface area is 336 Å². The van der Waals surface area contributed by atoms with Crippen LogP contribution in [0.25, 0.3) is 33.4 Å². The van der Waals surface area contributed by atoms with Crippen molar-refractivity contribution in [3.63, 3.8) is 0 Å². The second kappa shape index (κ2) is 13.1. The molecule has 0 fully saturated rings. The Morgan fingerprint density at radius 3 is 1.67 bits per heavy atom. The fraction of sp³-hybridized carbons (Fsp3) is 0.143. The number of aryl methyl sites for hydroxylation is 1. The molecule has 3 aliphatic carbocycles. The first kappa shape index (κ1) is 33.9. The molecule has 0 bridgehead atoms. The van der Waals surface area contributed by atoms with Gasteiger partial charge >= 0.3 is 0 Å². The van der Waals surface area contributed by atoms with E-state index in [2.05, 4.69) is 207 Å². The van der Waals surface area contributed by atoms with Crippen molar-refractivity contribution in [1.29, 1.82) is 0 Å². The van der Waals surface area contributed by atoms with Crippen molar-refractivity contribution < 1.29 is 0 Å². The zero-order valence-electron chi connectivity index (χ0n) is 32.7. The molecule has 0 radical (unpaired) electrons. The maximum absolute atomic E-state index is 2.48. The standard InChI is InChI=1S/C56H45N/c1-55(2)51-26-13-11-23-47(51)49-34-32-44(37-54(49)55)57(42-30-28-39(29-31-42)46-25-15-17-38-16-9-10-22-45(38)46)43-33-35-53-50(36-43)48-24-12-14-27-52(48)56(53,40-18-5-3-6-19-40)41-20-7-4-8-21-41/h3-8,11-15,17-21,23-37H,9-10,16,22H2,1-2H3. The third kappa shape index (κ3) is 5.08. The van der Waals surface area contributed by atoms with Gasteiger partial charge in [0, 0.05) is 22.5 Å². The number of nitrogens with zero attached hydrogens (tertiary/aromatic N) is 1. The van der Waals surface area contributed by atoms with Crippen molar-refractivity contribution in [1.82, 2.24) is 0 Å². The lowest BCUT2D eigenvalue weighted by Gasteiger charge is -2.34. The van der Waals surface area contributed by atoms with Crippen LogP contribution in [0.3, 0.4) is 0 Å². The van der Waals surface area contributed by atoms with E-state index in [1.165, 1.54) is 103 Å². The minimum Gasteiger partial charge on any atom is -0.310 e. The monoisotopic (exact) mass is 731 g/mol. The predicted molar refractivity (Wildman–Crippen MR) is 238 cm³/mol. The van der Waals surface area contributed by atoms with Crippen LogP contribution in [0.15, 0.2) is 188 Å². The normalized spacial score (nSPS) is 15.2. The lowest BCUT2D eigenvalue weighted by molar-refractivity contribution is 0.660. The number of hydrogen-bond acceptors (Lipinski definition) is 1. The molecule has 8 aromatic carbocycles. The van der Waals surface area contributed by atoms with E-state index < -0.39 is 5.41 Å². The van der Waals surface area contributed by atoms with E-state index in [-0.39, 0.29) is 5.41 Å². The maximum atomic E-state index is 2.48. The van der Waals surface area contributed by atoms with Crippen LogP contribution >= 0.6 is 0 Å². The molecule has 274 valence electrons. The van der Waals surface area contributed by atoms with Gasteiger partial charge in [0.1, 0.15) is 0 Å². The van der Waals surface area contributed by atoms with E-state index in [9.17, 15) is 0 Å². The summed E-state index contributed by atoms with van der Waals surface area (Å²) in [6, 6.07) is 70.8. The molecule has 1 heteroatoms. The predicted octanol–water partition coefficient (Wildman–Crippen LogP) is 14.4. The number of hydrogen-bond donors (Lipinski definition) is 0. The molecule has 0 aliphatic heterocycles. The molecule has 3 aliphatic rings. The molecule has 0 amide bonds. The Bertz CT molecular complexity index is 2770. The Hall–Kier alpha value is -6.44. The Kier molecular flexibility index (Phi) is 7.76. The molecular weight excluding hydrogens is 687 g/mol. The molecule has 0 spiro atoms. The minimum atomic E-state index is -0.433. The molecule has 8 aromatic rings. The van der Waals surface area contributed by atoms with Crippen molar-refractivity contribution in [3.8, 4) is 33.4 Å². The van der Waals surface area contributed by atoms with E-state index in [0.717, 1.165) is 17.8 Å². The molecule has 0 saturated heterocycles. The van der Waals surface area contributed by atoms with Gasteiger partial charge in [-0.05, 0) is 140 Å². The van der Waals surface area contributed by atoms with Crippen LogP contribution in [-0.4, -0.2) is 0 Å². The van der Waals surface area contributed by atoms with Crippen molar-refractivity contribution in [3.05, 3.63) is 233 Å². The van der Waals surface area contributed by atoms with Crippen molar-refractivity contribution >= 4 is 17.1 Å². The van der Waals surface area contributed by atoms with Gasteiger partial charge in [-0.25, -0.2) is 0 Å². The number of fused-ring (bicyclic) bond motifs is 7. The van der Waals surface area contributed by atoms with Gasteiger partial charge < -0.3 is 4.90 Å². The molecule has 1 nitrogen and oxygen atoms in total. The molecule has 0 heterocycles. The van der Waals surface area contributed by atoms with E-state index >= 15 is 0 Å². The number of benzene rings is 8. The molecule has 0 aromatic heterocycles. The zero-order chi connectivity index (χ0) is 38.1. The molecule has 57 heavy (non-hydrogen) atoms. The average molecular weight is 732 g/mol. The van der Waals surface area contributed by atoms with Crippen molar-refractivity contribution in [2.75, 3.05) is 4.90 Å². The van der Waals surface area contributed by atoms with Gasteiger partial charge in [0.25, 0.3) is 0 Å². The zero-order valence-corrected chi connectivity index (χ0v) is 32.7. The smallest absolute Gasteiger partial charge is 0.0713 e. The first-order chi connectivity index (χ1) is 28.0. The second-order valence-corrected chi connectivity index (χ2v) is 16.7. The molecule has 0 saturated carbocycles. The molecule has 0 atom stereocenters. The number of anilines is 3. The van der Waals surface area contributed by atoms with Gasteiger partial charge in [-0.2, -0.15) is 0 Å². The van der Waals surface area contributed by atoms with Crippen LogP contribution in [-0.2, 0) is 23.7 Å². The molecule has 11 rings (SSSR count). The molecule has 0 unspecified atom stereocenters. The van der Waals surface area contributed by atoms with Gasteiger partial charge in [0.15, 0.2) is 0 Å². The van der Waals surface area contributed by atoms with Crippen LogP contribution < -0.4 is 4.90 Å². The van der Waals surface area contributed by atoms with Gasteiger partial charge in [-0.3, -0.25) is 0 Å². The van der Waals surface area contributed by atoms with E-state index in [4.69, 9.17) is 0 Å². The first-order valence-corrected chi connectivity index (χ1v) is 20.6. The highest BCUT2D eigenvalue weighted by atomic mass is 15.1. The molecule has 0 N–H and O–H groups in total. The van der Waals surface area contributed by atoms with Crippen molar-refractivity contribution in [2.24, 2.45) is 0 Å². The summed E-state index contributed by atoms with van der Waals surface area (Å²) in [6.07, 6.45) is 4.91. The SMILES string of the molecule is CC1(C)c2ccccc2-c2ccc(N(c3ccc(-c4cccc5c4CCCC5)cc3)c3ccc4c(c3)-c3ccccc3C4(c3ccccc3)c3ccccc3)cc21. The number of rotatable bonds is 6. The van der Waals surface area contributed by atoms with Crippen LogP contribution in [0.2, 0.25) is 0 Å². The fourth-order valence-corrected chi connectivity index (χ4v) is 10.7. The summed E-state index contributed by atoms with van der Waals surface area (Å²) in [4.78, 5) is 2.48. The Balaban J connectivity index is 1.11. The van der Waals surface area contributed by atoms with Gasteiger partial charge in [0.2, 0.25) is 0 Å². The van der Waals surface area contributed by atoms with Crippen molar-refractivity contribution in [2.45, 2.75) is 50.4 Å². The summed E-state index contributed by atoms with van der Waals surface area (Å²) in [6.45, 7) is 4.75. The Morgan fingerprint density at radius 1 is 0.386 bits per heavy atom. The summed E-state index contributed by atoms with van der Waals surface area (Å²) in [7, 11) is 0. The minimum absolute atomic E-state index is 0.105. The highest BCUT2D eigenvalue weighted by molar-refractivity contribution is 5.91. The first-order valence-electron chi connectivity index (χ1n) is 20.6. The summed E-state index contributed by atoms with van der Waals surface area (Å²) >= 11 is 0. The summed E-state index contributed by atoms with van der Waals surface area (Å²) in [5.41, 5.74) is 21.9.